The lowest BCUT2D eigenvalue weighted by molar-refractivity contribution is -0.138. The maximum absolute atomic E-state index is 13.4. The van der Waals surface area contributed by atoms with E-state index in [1.54, 1.807) is 6.07 Å². The van der Waals surface area contributed by atoms with E-state index in [1.165, 1.54) is 11.6 Å². The van der Waals surface area contributed by atoms with Gasteiger partial charge in [-0.3, -0.25) is 9.69 Å². The lowest BCUT2D eigenvalue weighted by Crippen LogP contribution is -2.51. The fourth-order valence-electron chi connectivity index (χ4n) is 4.62. The fraction of sp³-hybridized carbons (Fsp3) is 0.458. The van der Waals surface area contributed by atoms with E-state index in [4.69, 9.17) is 4.74 Å². The lowest BCUT2D eigenvalue weighted by Gasteiger charge is -2.37. The molecular formula is C24H27F3N2O2. The van der Waals surface area contributed by atoms with Gasteiger partial charge >= 0.3 is 6.18 Å². The topological polar surface area (TPSA) is 41.6 Å². The van der Waals surface area contributed by atoms with Crippen molar-refractivity contribution in [2.75, 3.05) is 26.3 Å². The number of ether oxygens (including phenoxy) is 1. The van der Waals surface area contributed by atoms with Gasteiger partial charge < -0.3 is 10.1 Å². The summed E-state index contributed by atoms with van der Waals surface area (Å²) in [5.74, 6) is -0.193. The van der Waals surface area contributed by atoms with Crippen LogP contribution in [0.1, 0.15) is 36.0 Å². The number of hydrogen-bond donors (Lipinski definition) is 1. The van der Waals surface area contributed by atoms with Crippen molar-refractivity contribution in [3.05, 3.63) is 71.3 Å². The van der Waals surface area contributed by atoms with Gasteiger partial charge in [0, 0.05) is 38.9 Å². The van der Waals surface area contributed by atoms with Crippen molar-refractivity contribution in [3.63, 3.8) is 0 Å². The van der Waals surface area contributed by atoms with Crippen LogP contribution in [0.2, 0.25) is 0 Å². The van der Waals surface area contributed by atoms with Gasteiger partial charge in [0.25, 0.3) is 0 Å². The van der Waals surface area contributed by atoms with Crippen LogP contribution >= 0.6 is 0 Å². The first kappa shape index (κ1) is 21.8. The molecule has 166 valence electrons. The van der Waals surface area contributed by atoms with Crippen LogP contribution in [-0.2, 0) is 27.7 Å². The Bertz CT molecular complexity index is 895. The summed E-state index contributed by atoms with van der Waals surface area (Å²) in [7, 11) is 0. The molecule has 2 aromatic rings. The van der Waals surface area contributed by atoms with Gasteiger partial charge in [-0.2, -0.15) is 13.2 Å². The molecule has 2 aliphatic rings. The standard InChI is InChI=1S/C24H27F3N2O2/c25-24(26,27)20-8-4-7-19(15-20)23(10-13-31-14-11-23)22(30)28-21-9-12-29(17-21)16-18-5-2-1-3-6-18/h1-8,15,21H,9-14,16-17H2,(H,28,30). The molecule has 2 saturated heterocycles. The Kier molecular flexibility index (Phi) is 6.34. The highest BCUT2D eigenvalue weighted by Gasteiger charge is 2.44. The van der Waals surface area contributed by atoms with Crippen LogP contribution < -0.4 is 5.32 Å². The van der Waals surface area contributed by atoms with E-state index < -0.39 is 17.2 Å². The molecule has 4 rings (SSSR count). The number of amides is 1. The van der Waals surface area contributed by atoms with Crippen molar-refractivity contribution in [2.24, 2.45) is 0 Å². The minimum atomic E-state index is -4.44. The Morgan fingerprint density at radius 1 is 1.10 bits per heavy atom. The minimum Gasteiger partial charge on any atom is -0.381 e. The molecule has 1 N–H and O–H groups in total. The van der Waals surface area contributed by atoms with Crippen molar-refractivity contribution >= 4 is 5.91 Å². The third-order valence-corrected chi connectivity index (χ3v) is 6.38. The summed E-state index contributed by atoms with van der Waals surface area (Å²) in [6.07, 6.45) is -2.86. The lowest BCUT2D eigenvalue weighted by atomic mass is 9.72. The summed E-state index contributed by atoms with van der Waals surface area (Å²) in [6.45, 7) is 3.14. The predicted octanol–water partition coefficient (Wildman–Crippen LogP) is 4.14. The largest absolute Gasteiger partial charge is 0.416 e. The van der Waals surface area contributed by atoms with Crippen molar-refractivity contribution in [1.29, 1.82) is 0 Å². The second-order valence-corrected chi connectivity index (χ2v) is 8.45. The molecule has 0 aromatic heterocycles. The maximum Gasteiger partial charge on any atom is 0.416 e. The molecule has 0 radical (unpaired) electrons. The van der Waals surface area contributed by atoms with Crippen LogP contribution in [0, 0.1) is 0 Å². The highest BCUT2D eigenvalue weighted by atomic mass is 19.4. The van der Waals surface area contributed by atoms with E-state index in [9.17, 15) is 18.0 Å². The van der Waals surface area contributed by atoms with E-state index in [1.807, 2.05) is 18.2 Å². The van der Waals surface area contributed by atoms with Crippen LogP contribution in [0.4, 0.5) is 13.2 Å². The molecule has 2 aromatic carbocycles. The van der Waals surface area contributed by atoms with Gasteiger partial charge in [0.2, 0.25) is 5.91 Å². The van der Waals surface area contributed by atoms with Crippen LogP contribution in [0.3, 0.4) is 0 Å². The highest BCUT2D eigenvalue weighted by Crippen LogP contribution is 2.38. The number of benzene rings is 2. The van der Waals surface area contributed by atoms with Gasteiger partial charge in [0.15, 0.2) is 0 Å². The molecule has 4 nitrogen and oxygen atoms in total. The van der Waals surface area contributed by atoms with Gasteiger partial charge in [0.05, 0.1) is 11.0 Å². The third-order valence-electron chi connectivity index (χ3n) is 6.38. The number of carbonyl (C=O) groups excluding carboxylic acids is 1. The van der Waals surface area contributed by atoms with Crippen molar-refractivity contribution < 1.29 is 22.7 Å². The minimum absolute atomic E-state index is 0.0123. The second kappa shape index (κ2) is 9.01. The van der Waals surface area contributed by atoms with Gasteiger partial charge in [-0.1, -0.05) is 48.5 Å². The SMILES string of the molecule is O=C(NC1CCN(Cc2ccccc2)C1)C1(c2cccc(C(F)(F)F)c2)CCOCC1. The first-order valence-electron chi connectivity index (χ1n) is 10.7. The van der Waals surface area contributed by atoms with E-state index in [0.717, 1.165) is 38.2 Å². The summed E-state index contributed by atoms with van der Waals surface area (Å²) >= 11 is 0. The Labute approximate surface area is 180 Å². The number of alkyl halides is 3. The monoisotopic (exact) mass is 432 g/mol. The van der Waals surface area contributed by atoms with Gasteiger partial charge in [-0.05, 0) is 36.5 Å². The summed E-state index contributed by atoms with van der Waals surface area (Å²) in [4.78, 5) is 15.7. The number of hydrogen-bond acceptors (Lipinski definition) is 3. The van der Waals surface area contributed by atoms with E-state index >= 15 is 0 Å². The zero-order chi connectivity index (χ0) is 21.9. The van der Waals surface area contributed by atoms with E-state index in [-0.39, 0.29) is 11.9 Å². The molecule has 1 unspecified atom stereocenters. The average molecular weight is 432 g/mol. The Balaban J connectivity index is 1.48. The van der Waals surface area contributed by atoms with Crippen LogP contribution in [0.5, 0.6) is 0 Å². The first-order chi connectivity index (χ1) is 14.9. The first-order valence-corrected chi connectivity index (χ1v) is 10.7. The van der Waals surface area contributed by atoms with Gasteiger partial charge in [-0.25, -0.2) is 0 Å². The highest BCUT2D eigenvalue weighted by molar-refractivity contribution is 5.88. The van der Waals surface area contributed by atoms with Gasteiger partial charge in [0.1, 0.15) is 0 Å². The molecule has 1 atom stereocenters. The zero-order valence-electron chi connectivity index (χ0n) is 17.3. The molecule has 2 fully saturated rings. The normalized spacial score (nSPS) is 21.7. The average Bonchev–Trinajstić information content (AvgIpc) is 3.21. The molecule has 7 heteroatoms. The molecular weight excluding hydrogens is 405 g/mol. The molecule has 0 saturated carbocycles. The van der Waals surface area contributed by atoms with Crippen molar-refractivity contribution in [1.82, 2.24) is 10.2 Å². The number of carbonyl (C=O) groups is 1. The summed E-state index contributed by atoms with van der Waals surface area (Å²) in [5, 5.41) is 3.14. The fourth-order valence-corrected chi connectivity index (χ4v) is 4.62. The van der Waals surface area contributed by atoms with Crippen LogP contribution in [0.15, 0.2) is 54.6 Å². The van der Waals surface area contributed by atoms with E-state index in [2.05, 4.69) is 22.3 Å². The number of nitrogens with zero attached hydrogens (tertiary/aromatic N) is 1. The maximum atomic E-state index is 13.4. The second-order valence-electron chi connectivity index (χ2n) is 8.45. The third kappa shape index (κ3) is 4.93. The molecule has 31 heavy (non-hydrogen) atoms. The summed E-state index contributed by atoms with van der Waals surface area (Å²) < 4.78 is 45.3. The van der Waals surface area contributed by atoms with Crippen molar-refractivity contribution in [3.8, 4) is 0 Å². The molecule has 1 amide bonds. The Hall–Kier alpha value is -2.38. The van der Waals surface area contributed by atoms with Crippen LogP contribution in [-0.4, -0.2) is 43.2 Å². The zero-order valence-corrected chi connectivity index (χ0v) is 17.3. The molecule has 2 heterocycles. The predicted molar refractivity (Wildman–Crippen MR) is 111 cm³/mol. The Morgan fingerprint density at radius 3 is 2.55 bits per heavy atom. The van der Waals surface area contributed by atoms with E-state index in [0.29, 0.717) is 31.6 Å². The van der Waals surface area contributed by atoms with Gasteiger partial charge in [-0.15, -0.1) is 0 Å². The number of nitrogens with one attached hydrogen (secondary N) is 1. The molecule has 0 spiro atoms. The molecule has 0 aliphatic carbocycles. The quantitative estimate of drug-likeness (QED) is 0.772. The summed E-state index contributed by atoms with van der Waals surface area (Å²) in [5.41, 5.74) is -0.0769. The van der Waals surface area contributed by atoms with Crippen LogP contribution in [0.25, 0.3) is 0 Å². The smallest absolute Gasteiger partial charge is 0.381 e. The summed E-state index contributed by atoms with van der Waals surface area (Å²) in [6, 6.07) is 15.3. The Morgan fingerprint density at radius 2 is 1.84 bits per heavy atom. The number of rotatable bonds is 5. The number of likely N-dealkylation sites (tertiary alicyclic amines) is 1. The number of halogens is 3. The molecule has 0 bridgehead atoms. The van der Waals surface area contributed by atoms with Crippen molar-refractivity contribution in [2.45, 2.75) is 43.4 Å². The molecule has 2 aliphatic heterocycles.